The topological polar surface area (TPSA) is 59.4 Å². The minimum atomic E-state index is 0.136. The molecule has 3 rings (SSSR count). The van der Waals surface area contributed by atoms with Crippen molar-refractivity contribution in [3.63, 3.8) is 0 Å². The lowest BCUT2D eigenvalue weighted by Gasteiger charge is -2.27. The van der Waals surface area contributed by atoms with Crippen LogP contribution in [0.5, 0.6) is 0 Å². The summed E-state index contributed by atoms with van der Waals surface area (Å²) in [6.45, 7) is 6.51. The van der Waals surface area contributed by atoms with Gasteiger partial charge in [-0.2, -0.15) is 16.9 Å². The molecule has 1 fully saturated rings. The summed E-state index contributed by atoms with van der Waals surface area (Å²) < 4.78 is 7.23. The molecule has 26 heavy (non-hydrogen) atoms. The third kappa shape index (κ3) is 4.61. The molecule has 1 amide bonds. The highest BCUT2D eigenvalue weighted by Crippen LogP contribution is 2.27. The molecule has 0 saturated carbocycles. The van der Waals surface area contributed by atoms with Crippen LogP contribution in [0, 0.1) is 0 Å². The highest BCUT2D eigenvalue weighted by Gasteiger charge is 2.31. The zero-order valence-corrected chi connectivity index (χ0v) is 16.9. The van der Waals surface area contributed by atoms with Crippen LogP contribution in [0.25, 0.3) is 0 Å². The number of fused-ring (bicyclic) bond motifs is 1. The molecule has 0 unspecified atom stereocenters. The van der Waals surface area contributed by atoms with E-state index in [2.05, 4.69) is 16.9 Å². The number of carbonyl (C=O) groups is 1. The summed E-state index contributed by atoms with van der Waals surface area (Å²) in [6.07, 6.45) is 5.10. The van der Waals surface area contributed by atoms with Gasteiger partial charge in [0.25, 0.3) is 5.91 Å². The first-order valence-corrected chi connectivity index (χ1v) is 11.1. The average molecular weight is 381 g/mol. The van der Waals surface area contributed by atoms with Gasteiger partial charge in [0.15, 0.2) is 5.69 Å². The molecule has 2 heterocycles. The number of aromatic nitrogens is 2. The first kappa shape index (κ1) is 19.7. The van der Waals surface area contributed by atoms with E-state index in [9.17, 15) is 4.79 Å². The molecule has 1 saturated heterocycles. The normalized spacial score (nSPS) is 20.2. The third-order valence-electron chi connectivity index (χ3n) is 5.24. The molecule has 0 spiro atoms. The van der Waals surface area contributed by atoms with Crippen LogP contribution in [-0.4, -0.2) is 71.5 Å². The van der Waals surface area contributed by atoms with Crippen molar-refractivity contribution in [2.24, 2.45) is 0 Å². The second kappa shape index (κ2) is 9.76. The van der Waals surface area contributed by atoms with Crippen molar-refractivity contribution < 1.29 is 9.53 Å². The number of amides is 1. The minimum absolute atomic E-state index is 0.136. The maximum Gasteiger partial charge on any atom is 0.274 e. The Morgan fingerprint density at radius 3 is 2.92 bits per heavy atom. The molecule has 0 aromatic carbocycles. The fourth-order valence-corrected chi connectivity index (χ4v) is 4.77. The van der Waals surface area contributed by atoms with E-state index in [4.69, 9.17) is 9.84 Å². The Labute approximate surface area is 161 Å². The number of nitrogens with one attached hydrogen (secondary N) is 1. The van der Waals surface area contributed by atoms with Gasteiger partial charge in [-0.25, -0.2) is 0 Å². The third-order valence-corrected chi connectivity index (χ3v) is 6.18. The molecule has 1 atom stereocenters. The van der Waals surface area contributed by atoms with Crippen LogP contribution >= 0.6 is 11.8 Å². The van der Waals surface area contributed by atoms with Crippen LogP contribution in [-0.2, 0) is 24.1 Å². The van der Waals surface area contributed by atoms with Gasteiger partial charge in [-0.15, -0.1) is 0 Å². The highest BCUT2D eigenvalue weighted by atomic mass is 32.2. The molecule has 0 radical (unpaired) electrons. The molecule has 7 heteroatoms. The van der Waals surface area contributed by atoms with Crippen molar-refractivity contribution >= 4 is 17.7 Å². The average Bonchev–Trinajstić information content (AvgIpc) is 3.03. The Morgan fingerprint density at radius 2 is 2.19 bits per heavy atom. The van der Waals surface area contributed by atoms with E-state index in [0.717, 1.165) is 76.4 Å². The smallest absolute Gasteiger partial charge is 0.274 e. The van der Waals surface area contributed by atoms with Crippen molar-refractivity contribution in [2.45, 2.75) is 51.6 Å². The molecule has 6 nitrogen and oxygen atoms in total. The number of thioether (sulfide) groups is 1. The Bertz CT molecular complexity index is 599. The van der Waals surface area contributed by atoms with E-state index in [1.54, 1.807) is 7.11 Å². The summed E-state index contributed by atoms with van der Waals surface area (Å²) in [5.41, 5.74) is 3.19. The van der Waals surface area contributed by atoms with Crippen molar-refractivity contribution in [2.75, 3.05) is 44.9 Å². The van der Waals surface area contributed by atoms with Gasteiger partial charge in [0.1, 0.15) is 0 Å². The van der Waals surface area contributed by atoms with Crippen molar-refractivity contribution in [1.29, 1.82) is 0 Å². The van der Waals surface area contributed by atoms with E-state index in [1.807, 2.05) is 16.7 Å². The number of rotatable bonds is 8. The summed E-state index contributed by atoms with van der Waals surface area (Å²) in [7, 11) is 1.74. The SMILES string of the molecule is CCCn1nc(C(=O)N2CCSCC2)c2c1CC[C@H](NCCCOC)C2. The van der Waals surface area contributed by atoms with Crippen LogP contribution in [0.15, 0.2) is 0 Å². The van der Waals surface area contributed by atoms with Gasteiger partial charge in [0.05, 0.1) is 0 Å². The summed E-state index contributed by atoms with van der Waals surface area (Å²) in [6, 6.07) is 0.432. The molecule has 0 bridgehead atoms. The zero-order valence-electron chi connectivity index (χ0n) is 16.1. The van der Waals surface area contributed by atoms with Crippen molar-refractivity contribution in [3.05, 3.63) is 17.0 Å². The Hall–Kier alpha value is -1.05. The van der Waals surface area contributed by atoms with Crippen LogP contribution in [0.3, 0.4) is 0 Å². The summed E-state index contributed by atoms with van der Waals surface area (Å²) in [5.74, 6) is 2.21. The second-order valence-electron chi connectivity index (χ2n) is 7.14. The molecule has 1 aromatic rings. The summed E-state index contributed by atoms with van der Waals surface area (Å²) in [5, 5.41) is 8.41. The summed E-state index contributed by atoms with van der Waals surface area (Å²) in [4.78, 5) is 15.1. The van der Waals surface area contributed by atoms with Crippen LogP contribution in [0.4, 0.5) is 0 Å². The molecule has 2 aliphatic rings. The standard InChI is InChI=1S/C19H32N4O2S/c1-3-8-23-17-6-5-15(20-7-4-11-25-2)14-16(17)18(21-23)19(24)22-9-12-26-13-10-22/h15,20H,3-14H2,1-2H3/t15-/m0/s1. The maximum atomic E-state index is 13.1. The van der Waals surface area contributed by atoms with Gasteiger partial charge < -0.3 is 15.0 Å². The lowest BCUT2D eigenvalue weighted by molar-refractivity contribution is 0.0764. The monoisotopic (exact) mass is 380 g/mol. The van der Waals surface area contributed by atoms with Gasteiger partial charge >= 0.3 is 0 Å². The fourth-order valence-electron chi connectivity index (χ4n) is 3.87. The molecular weight excluding hydrogens is 348 g/mol. The van der Waals surface area contributed by atoms with Gasteiger partial charge in [-0.1, -0.05) is 6.92 Å². The van der Waals surface area contributed by atoms with Crippen LogP contribution < -0.4 is 5.32 Å². The van der Waals surface area contributed by atoms with Gasteiger partial charge in [-0.3, -0.25) is 9.48 Å². The Balaban J connectivity index is 1.74. The number of hydrogen-bond donors (Lipinski definition) is 1. The molecule has 1 aromatic heterocycles. The number of carbonyl (C=O) groups excluding carboxylic acids is 1. The molecular formula is C19H32N4O2S. The fraction of sp³-hybridized carbons (Fsp3) is 0.789. The van der Waals surface area contributed by atoms with E-state index in [0.29, 0.717) is 11.7 Å². The van der Waals surface area contributed by atoms with Gasteiger partial charge in [-0.05, 0) is 38.6 Å². The van der Waals surface area contributed by atoms with Crippen molar-refractivity contribution in [1.82, 2.24) is 20.0 Å². The lowest BCUT2D eigenvalue weighted by Crippen LogP contribution is -2.39. The molecule has 1 aliphatic heterocycles. The predicted molar refractivity (Wildman–Crippen MR) is 106 cm³/mol. The van der Waals surface area contributed by atoms with E-state index in [1.165, 1.54) is 11.3 Å². The molecule has 1 aliphatic carbocycles. The largest absolute Gasteiger partial charge is 0.385 e. The lowest BCUT2D eigenvalue weighted by atomic mass is 9.91. The van der Waals surface area contributed by atoms with Gasteiger partial charge in [0.2, 0.25) is 0 Å². The maximum absolute atomic E-state index is 13.1. The number of hydrogen-bond acceptors (Lipinski definition) is 5. The van der Waals surface area contributed by atoms with E-state index < -0.39 is 0 Å². The first-order chi connectivity index (χ1) is 12.7. The van der Waals surface area contributed by atoms with E-state index in [-0.39, 0.29) is 5.91 Å². The highest BCUT2D eigenvalue weighted by molar-refractivity contribution is 7.99. The Kier molecular flexibility index (Phi) is 7.40. The molecule has 1 N–H and O–H groups in total. The van der Waals surface area contributed by atoms with Gasteiger partial charge in [0, 0.05) is 62.2 Å². The van der Waals surface area contributed by atoms with Crippen LogP contribution in [0.2, 0.25) is 0 Å². The number of aryl methyl sites for hydroxylation is 1. The summed E-state index contributed by atoms with van der Waals surface area (Å²) >= 11 is 1.93. The van der Waals surface area contributed by atoms with E-state index >= 15 is 0 Å². The minimum Gasteiger partial charge on any atom is -0.385 e. The number of nitrogens with zero attached hydrogens (tertiary/aromatic N) is 3. The van der Waals surface area contributed by atoms with Crippen LogP contribution in [0.1, 0.15) is 47.9 Å². The molecule has 146 valence electrons. The number of ether oxygens (including phenoxy) is 1. The predicted octanol–water partition coefficient (Wildman–Crippen LogP) is 1.97. The van der Waals surface area contributed by atoms with Crippen molar-refractivity contribution in [3.8, 4) is 0 Å². The first-order valence-electron chi connectivity index (χ1n) is 9.92. The Morgan fingerprint density at radius 1 is 1.38 bits per heavy atom. The quantitative estimate of drug-likeness (QED) is 0.699. The number of methoxy groups -OCH3 is 1. The zero-order chi connectivity index (χ0) is 18.4. The second-order valence-corrected chi connectivity index (χ2v) is 8.37.